The summed E-state index contributed by atoms with van der Waals surface area (Å²) in [6, 6.07) is 1.76. The highest BCUT2D eigenvalue weighted by Gasteiger charge is 2.42. The Bertz CT molecular complexity index is 462. The zero-order valence-electron chi connectivity index (χ0n) is 9.73. The van der Waals surface area contributed by atoms with E-state index in [2.05, 4.69) is 11.8 Å². The van der Waals surface area contributed by atoms with Gasteiger partial charge in [0.15, 0.2) is 6.23 Å². The summed E-state index contributed by atoms with van der Waals surface area (Å²) in [4.78, 5) is 0. The first-order valence-electron chi connectivity index (χ1n) is 5.66. The van der Waals surface area contributed by atoms with Gasteiger partial charge < -0.3 is 30.4 Å². The van der Waals surface area contributed by atoms with Crippen molar-refractivity contribution in [3.05, 3.63) is 24.0 Å². The number of hydrogen-bond acceptors (Lipinski definition) is 5. The van der Waals surface area contributed by atoms with Crippen molar-refractivity contribution in [2.75, 3.05) is 13.2 Å². The monoisotopic (exact) mass is 252 g/mol. The Balaban J connectivity index is 2.15. The Morgan fingerprint density at radius 3 is 2.78 bits per heavy atom. The highest BCUT2D eigenvalue weighted by molar-refractivity contribution is 5.32. The largest absolute Gasteiger partial charge is 0.394 e. The van der Waals surface area contributed by atoms with Crippen molar-refractivity contribution in [1.82, 2.24) is 4.57 Å². The average molecular weight is 252 g/mol. The molecule has 2 heterocycles. The van der Waals surface area contributed by atoms with Gasteiger partial charge in [0, 0.05) is 18.0 Å². The van der Waals surface area contributed by atoms with E-state index in [4.69, 9.17) is 15.6 Å². The van der Waals surface area contributed by atoms with Crippen LogP contribution in [0.25, 0.3) is 0 Å². The smallest absolute Gasteiger partial charge is 0.162 e. The summed E-state index contributed by atoms with van der Waals surface area (Å²) in [6.45, 7) is -0.0606. The van der Waals surface area contributed by atoms with Crippen molar-refractivity contribution in [2.24, 2.45) is 5.73 Å². The van der Waals surface area contributed by atoms with Gasteiger partial charge in [-0.3, -0.25) is 0 Å². The molecule has 1 saturated heterocycles. The molecule has 1 aliphatic rings. The van der Waals surface area contributed by atoms with E-state index < -0.39 is 24.5 Å². The molecule has 0 aliphatic carbocycles. The average Bonchev–Trinajstić information content (AvgIpc) is 2.94. The summed E-state index contributed by atoms with van der Waals surface area (Å²) in [5.41, 5.74) is 6.02. The molecule has 1 aliphatic heterocycles. The Morgan fingerprint density at radius 1 is 1.39 bits per heavy atom. The normalized spacial score (nSPS) is 31.1. The molecule has 0 radical (unpaired) electrons. The molecule has 0 unspecified atom stereocenters. The molecule has 1 aromatic heterocycles. The summed E-state index contributed by atoms with van der Waals surface area (Å²) in [5, 5.41) is 28.5. The molecule has 0 amide bonds. The fourth-order valence-corrected chi connectivity index (χ4v) is 1.92. The molecule has 0 aromatic carbocycles. The number of nitrogens with zero attached hydrogens (tertiary/aromatic N) is 1. The third-order valence-corrected chi connectivity index (χ3v) is 2.86. The fourth-order valence-electron chi connectivity index (χ4n) is 1.92. The van der Waals surface area contributed by atoms with Crippen LogP contribution in [0, 0.1) is 11.8 Å². The third-order valence-electron chi connectivity index (χ3n) is 2.86. The minimum atomic E-state index is -1.10. The second-order valence-corrected chi connectivity index (χ2v) is 4.08. The van der Waals surface area contributed by atoms with Crippen LogP contribution in [0.2, 0.25) is 0 Å². The predicted molar refractivity (Wildman–Crippen MR) is 63.4 cm³/mol. The van der Waals surface area contributed by atoms with Gasteiger partial charge in [0.05, 0.1) is 13.2 Å². The quantitative estimate of drug-likeness (QED) is 0.475. The summed E-state index contributed by atoms with van der Waals surface area (Å²) >= 11 is 0. The molecule has 1 aromatic rings. The Morgan fingerprint density at radius 2 is 2.17 bits per heavy atom. The fraction of sp³-hybridized carbons (Fsp3) is 0.500. The molecule has 0 spiro atoms. The van der Waals surface area contributed by atoms with E-state index in [1.165, 1.54) is 0 Å². The summed E-state index contributed by atoms with van der Waals surface area (Å²) < 4.78 is 6.99. The Hall–Kier alpha value is -1.36. The van der Waals surface area contributed by atoms with E-state index in [1.807, 2.05) is 0 Å². The highest BCUT2D eigenvalue weighted by Crippen LogP contribution is 2.29. The number of nitrogens with two attached hydrogens (primary N) is 1. The van der Waals surface area contributed by atoms with Crippen LogP contribution in [0.5, 0.6) is 0 Å². The molecule has 0 saturated carbocycles. The maximum Gasteiger partial charge on any atom is 0.162 e. The van der Waals surface area contributed by atoms with Crippen LogP contribution in [-0.4, -0.2) is 51.4 Å². The van der Waals surface area contributed by atoms with Crippen molar-refractivity contribution in [3.8, 4) is 11.8 Å². The molecule has 6 heteroatoms. The second-order valence-electron chi connectivity index (χ2n) is 4.08. The van der Waals surface area contributed by atoms with Crippen LogP contribution in [0.4, 0.5) is 0 Å². The van der Waals surface area contributed by atoms with Crippen LogP contribution >= 0.6 is 0 Å². The maximum absolute atomic E-state index is 9.83. The zero-order valence-corrected chi connectivity index (χ0v) is 9.73. The van der Waals surface area contributed by atoms with Gasteiger partial charge in [-0.15, -0.1) is 0 Å². The van der Waals surface area contributed by atoms with Gasteiger partial charge in [-0.05, 0) is 6.07 Å². The molecular formula is C12H16N2O4. The topological polar surface area (TPSA) is 101 Å². The van der Waals surface area contributed by atoms with Crippen LogP contribution in [-0.2, 0) is 4.74 Å². The first-order chi connectivity index (χ1) is 8.67. The third kappa shape index (κ3) is 2.41. The van der Waals surface area contributed by atoms with Crippen LogP contribution in [0.1, 0.15) is 11.8 Å². The molecule has 2 rings (SSSR count). The van der Waals surface area contributed by atoms with E-state index in [9.17, 15) is 10.2 Å². The van der Waals surface area contributed by atoms with E-state index in [0.29, 0.717) is 0 Å². The lowest BCUT2D eigenvalue weighted by Crippen LogP contribution is -2.33. The van der Waals surface area contributed by atoms with Crippen LogP contribution in [0.3, 0.4) is 0 Å². The number of aromatic nitrogens is 1. The van der Waals surface area contributed by atoms with Crippen molar-refractivity contribution < 1.29 is 20.1 Å². The SMILES string of the molecule is NCC#Cc1ccn([C@@H]2O[C@H](CO)[C@@H](O)[C@H]2O)c1. The zero-order chi connectivity index (χ0) is 13.1. The molecule has 18 heavy (non-hydrogen) atoms. The van der Waals surface area contributed by atoms with E-state index in [1.54, 1.807) is 23.0 Å². The van der Waals surface area contributed by atoms with E-state index >= 15 is 0 Å². The molecule has 98 valence electrons. The van der Waals surface area contributed by atoms with Gasteiger partial charge in [-0.25, -0.2) is 0 Å². The minimum Gasteiger partial charge on any atom is -0.394 e. The first kappa shape index (κ1) is 13.1. The number of aliphatic hydroxyl groups excluding tert-OH is 3. The second kappa shape index (κ2) is 5.52. The molecule has 5 N–H and O–H groups in total. The molecule has 1 fully saturated rings. The van der Waals surface area contributed by atoms with Crippen molar-refractivity contribution in [1.29, 1.82) is 0 Å². The van der Waals surface area contributed by atoms with Crippen molar-refractivity contribution >= 4 is 0 Å². The lowest BCUT2D eigenvalue weighted by molar-refractivity contribution is -0.0525. The van der Waals surface area contributed by atoms with Crippen molar-refractivity contribution in [3.63, 3.8) is 0 Å². The highest BCUT2D eigenvalue weighted by atomic mass is 16.6. The van der Waals surface area contributed by atoms with Gasteiger partial charge in [0.2, 0.25) is 0 Å². The number of rotatable bonds is 2. The van der Waals surface area contributed by atoms with E-state index in [-0.39, 0.29) is 13.2 Å². The lowest BCUT2D eigenvalue weighted by atomic mass is 10.1. The van der Waals surface area contributed by atoms with Gasteiger partial charge in [0.25, 0.3) is 0 Å². The van der Waals surface area contributed by atoms with Crippen LogP contribution in [0.15, 0.2) is 18.5 Å². The van der Waals surface area contributed by atoms with Crippen molar-refractivity contribution in [2.45, 2.75) is 24.5 Å². The minimum absolute atomic E-state index is 0.277. The molecule has 0 bridgehead atoms. The van der Waals surface area contributed by atoms with Gasteiger partial charge in [-0.1, -0.05) is 11.8 Å². The summed E-state index contributed by atoms with van der Waals surface area (Å²) in [6.07, 6.45) is -0.272. The number of aliphatic hydroxyl groups is 3. The standard InChI is InChI=1S/C12H16N2O4/c13-4-1-2-8-3-5-14(6-8)12-11(17)10(16)9(7-15)18-12/h3,5-6,9-12,15-17H,4,7,13H2/t9-,10-,11-,12-/m1/s1. The lowest BCUT2D eigenvalue weighted by Gasteiger charge is -2.16. The molecule has 6 nitrogen and oxygen atoms in total. The number of ether oxygens (including phenoxy) is 1. The maximum atomic E-state index is 9.83. The Kier molecular flexibility index (Phi) is 4.01. The summed E-state index contributed by atoms with van der Waals surface area (Å²) in [7, 11) is 0. The first-order valence-corrected chi connectivity index (χ1v) is 5.66. The van der Waals surface area contributed by atoms with Gasteiger partial charge in [-0.2, -0.15) is 0 Å². The molecular weight excluding hydrogens is 236 g/mol. The van der Waals surface area contributed by atoms with Gasteiger partial charge in [0.1, 0.15) is 18.3 Å². The van der Waals surface area contributed by atoms with E-state index in [0.717, 1.165) is 5.56 Å². The Labute approximate surface area is 105 Å². The molecule has 4 atom stereocenters. The summed E-state index contributed by atoms with van der Waals surface area (Å²) in [5.74, 6) is 5.57. The number of hydrogen-bond donors (Lipinski definition) is 4. The van der Waals surface area contributed by atoms with Gasteiger partial charge >= 0.3 is 0 Å². The van der Waals surface area contributed by atoms with Crippen LogP contribution < -0.4 is 5.73 Å². The predicted octanol–water partition coefficient (Wildman–Crippen LogP) is -1.59.